The van der Waals surface area contributed by atoms with Gasteiger partial charge in [0.05, 0.1) is 6.42 Å². The molecule has 3 heterocycles. The molecule has 1 aromatic rings. The Labute approximate surface area is 172 Å². The zero-order chi connectivity index (χ0) is 21.3. The van der Waals surface area contributed by atoms with Crippen molar-refractivity contribution in [1.29, 1.82) is 0 Å². The first-order valence-electron chi connectivity index (χ1n) is 8.33. The molecular weight excluding hydrogens is 424 g/mol. The highest BCUT2D eigenvalue weighted by Gasteiger charge is 2.55. The number of amides is 2. The quantitative estimate of drug-likeness (QED) is 0.394. The molecule has 1 saturated heterocycles. The molecule has 12 heteroatoms. The summed E-state index contributed by atoms with van der Waals surface area (Å²) < 4.78 is 4.75. The van der Waals surface area contributed by atoms with Crippen molar-refractivity contribution in [3.05, 3.63) is 33.7 Å². The van der Waals surface area contributed by atoms with Crippen molar-refractivity contribution in [3.8, 4) is 0 Å². The van der Waals surface area contributed by atoms with Crippen molar-refractivity contribution in [2.24, 2.45) is 0 Å². The number of nitrogens with one attached hydrogen (secondary N) is 1. The van der Waals surface area contributed by atoms with Gasteiger partial charge in [-0.1, -0.05) is 6.07 Å². The van der Waals surface area contributed by atoms with E-state index >= 15 is 0 Å². The number of hydrogen-bond donors (Lipinski definition) is 3. The molecule has 0 saturated carbocycles. The molecule has 2 aliphatic rings. The predicted molar refractivity (Wildman–Crippen MR) is 101 cm³/mol. The molecule has 1 aromatic heterocycles. The summed E-state index contributed by atoms with van der Waals surface area (Å²) in [5.74, 6) is -5.07. The number of thioether (sulfide) groups is 1. The fourth-order valence-corrected chi connectivity index (χ4v) is 5.15. The van der Waals surface area contributed by atoms with Gasteiger partial charge in [-0.2, -0.15) is 0 Å². The van der Waals surface area contributed by atoms with Gasteiger partial charge in [-0.3, -0.25) is 19.3 Å². The normalized spacial score (nSPS) is 21.7. The molecular formula is C17H16N2O8S2. The first-order valence-corrected chi connectivity index (χ1v) is 10.3. The van der Waals surface area contributed by atoms with Crippen LogP contribution in [0.1, 0.15) is 11.8 Å². The SMILES string of the molecule is CC(=O)OC(C(=O)O)C1=C(C(=O)O)N2C(=O)[C@@H](NC(=O)Cc3cccs3)[C@H]2SC1. The third-order valence-electron chi connectivity index (χ3n) is 4.26. The molecule has 29 heavy (non-hydrogen) atoms. The molecule has 0 bridgehead atoms. The van der Waals surface area contributed by atoms with Gasteiger partial charge in [0.1, 0.15) is 17.1 Å². The number of β-lactam (4-membered cyclic amide) rings is 1. The summed E-state index contributed by atoms with van der Waals surface area (Å²) >= 11 is 2.49. The van der Waals surface area contributed by atoms with Crippen molar-refractivity contribution in [2.45, 2.75) is 30.9 Å². The first-order chi connectivity index (χ1) is 13.7. The summed E-state index contributed by atoms with van der Waals surface area (Å²) in [6, 6.07) is 2.67. The van der Waals surface area contributed by atoms with Crippen LogP contribution in [0.5, 0.6) is 0 Å². The molecule has 1 fully saturated rings. The zero-order valence-electron chi connectivity index (χ0n) is 15.0. The molecule has 10 nitrogen and oxygen atoms in total. The van der Waals surface area contributed by atoms with Gasteiger partial charge in [0.2, 0.25) is 12.0 Å². The van der Waals surface area contributed by atoms with Crippen LogP contribution in [0.25, 0.3) is 0 Å². The van der Waals surface area contributed by atoms with Crippen molar-refractivity contribution >= 4 is 52.8 Å². The van der Waals surface area contributed by atoms with Crippen LogP contribution in [0.4, 0.5) is 0 Å². The smallest absolute Gasteiger partial charge is 0.352 e. The summed E-state index contributed by atoms with van der Waals surface area (Å²) in [7, 11) is 0. The highest BCUT2D eigenvalue weighted by Crippen LogP contribution is 2.41. The Balaban J connectivity index is 1.80. The Hall–Kier alpha value is -2.86. The van der Waals surface area contributed by atoms with E-state index in [0.717, 1.165) is 28.5 Å². The number of thiophene rings is 1. The van der Waals surface area contributed by atoms with Crippen LogP contribution >= 0.6 is 23.1 Å². The second kappa shape index (κ2) is 8.25. The van der Waals surface area contributed by atoms with Crippen LogP contribution in [0.3, 0.4) is 0 Å². The molecule has 3 N–H and O–H groups in total. The van der Waals surface area contributed by atoms with Gasteiger partial charge in [0, 0.05) is 23.1 Å². The van der Waals surface area contributed by atoms with E-state index in [4.69, 9.17) is 4.74 Å². The van der Waals surface area contributed by atoms with Gasteiger partial charge in [-0.05, 0) is 11.4 Å². The van der Waals surface area contributed by atoms with Crippen molar-refractivity contribution in [1.82, 2.24) is 10.2 Å². The number of fused-ring (bicyclic) bond motifs is 1. The Bertz CT molecular complexity index is 911. The van der Waals surface area contributed by atoms with Crippen molar-refractivity contribution in [3.63, 3.8) is 0 Å². The first kappa shape index (κ1) is 20.9. The second-order valence-electron chi connectivity index (χ2n) is 6.22. The van der Waals surface area contributed by atoms with E-state index in [2.05, 4.69) is 5.32 Å². The molecule has 0 spiro atoms. The average Bonchev–Trinajstić information content (AvgIpc) is 3.15. The van der Waals surface area contributed by atoms with Crippen molar-refractivity contribution in [2.75, 3.05) is 5.75 Å². The minimum Gasteiger partial charge on any atom is -0.478 e. The predicted octanol–water partition coefficient (Wildman–Crippen LogP) is 0.0455. The molecule has 0 radical (unpaired) electrons. The fraction of sp³-hybridized carbons (Fsp3) is 0.353. The molecule has 1 unspecified atom stereocenters. The maximum absolute atomic E-state index is 12.6. The van der Waals surface area contributed by atoms with E-state index in [9.17, 15) is 34.2 Å². The number of ether oxygens (including phenoxy) is 1. The Morgan fingerprint density at radius 3 is 2.62 bits per heavy atom. The lowest BCUT2D eigenvalue weighted by molar-refractivity contribution is -0.160. The number of carbonyl (C=O) groups excluding carboxylic acids is 3. The van der Waals surface area contributed by atoms with Crippen LogP contribution in [0.2, 0.25) is 0 Å². The Morgan fingerprint density at radius 2 is 2.07 bits per heavy atom. The topological polar surface area (TPSA) is 150 Å². The van der Waals surface area contributed by atoms with Gasteiger partial charge >= 0.3 is 17.9 Å². The monoisotopic (exact) mass is 440 g/mol. The molecule has 3 atom stereocenters. The lowest BCUT2D eigenvalue weighted by atomic mass is 10.00. The van der Waals surface area contributed by atoms with E-state index in [1.165, 1.54) is 11.3 Å². The number of carboxylic acid groups (broad SMARTS) is 2. The van der Waals surface area contributed by atoms with Gasteiger partial charge < -0.3 is 20.3 Å². The number of carboxylic acids is 2. The summed E-state index contributed by atoms with van der Waals surface area (Å²) in [5, 5.41) is 22.6. The van der Waals surface area contributed by atoms with Gasteiger partial charge in [0.25, 0.3) is 5.91 Å². The number of nitrogens with zero attached hydrogens (tertiary/aromatic N) is 1. The minimum absolute atomic E-state index is 0.0857. The van der Waals surface area contributed by atoms with E-state index in [-0.39, 0.29) is 23.7 Å². The standard InChI is InChI=1S/C17H16N2O8S2/c1-7(20)27-13(17(25)26)9-6-29-15-11(14(22)19(15)12(9)16(23)24)18-10(21)5-8-3-2-4-28-8/h2-4,11,13,15H,5-6H2,1H3,(H,18,21)(H,23,24)(H,25,26)/t11-,13?,15-/m1/s1. The summed E-state index contributed by atoms with van der Waals surface area (Å²) in [6.07, 6.45) is -1.72. The molecule has 2 aliphatic heterocycles. The number of aliphatic carboxylic acids is 2. The largest absolute Gasteiger partial charge is 0.478 e. The van der Waals surface area contributed by atoms with E-state index in [1.807, 2.05) is 5.38 Å². The van der Waals surface area contributed by atoms with Crippen LogP contribution in [-0.4, -0.2) is 68.1 Å². The Kier molecular flexibility index (Phi) is 5.94. The maximum atomic E-state index is 12.6. The number of carbonyl (C=O) groups is 5. The van der Waals surface area contributed by atoms with Gasteiger partial charge in [0.15, 0.2) is 0 Å². The molecule has 0 aliphatic carbocycles. The second-order valence-corrected chi connectivity index (χ2v) is 8.36. The summed E-state index contributed by atoms with van der Waals surface area (Å²) in [4.78, 5) is 61.0. The highest BCUT2D eigenvalue weighted by atomic mass is 32.2. The van der Waals surface area contributed by atoms with Crippen molar-refractivity contribution < 1.29 is 38.9 Å². The van der Waals surface area contributed by atoms with E-state index in [1.54, 1.807) is 12.1 Å². The fourth-order valence-electron chi connectivity index (χ4n) is 3.08. The summed E-state index contributed by atoms with van der Waals surface area (Å²) in [6.45, 7) is 1.00. The van der Waals surface area contributed by atoms with Crippen LogP contribution in [0.15, 0.2) is 28.8 Å². The van der Waals surface area contributed by atoms with Gasteiger partial charge in [-0.25, -0.2) is 9.59 Å². The van der Waals surface area contributed by atoms with Crippen LogP contribution in [-0.2, 0) is 35.1 Å². The third kappa shape index (κ3) is 4.12. The van der Waals surface area contributed by atoms with E-state index < -0.39 is 47.0 Å². The number of hydrogen-bond acceptors (Lipinski definition) is 8. The maximum Gasteiger partial charge on any atom is 0.352 e. The zero-order valence-corrected chi connectivity index (χ0v) is 16.6. The number of esters is 1. The minimum atomic E-state index is -1.81. The average molecular weight is 440 g/mol. The Morgan fingerprint density at radius 1 is 1.34 bits per heavy atom. The molecule has 0 aromatic carbocycles. The van der Waals surface area contributed by atoms with Gasteiger partial charge in [-0.15, -0.1) is 23.1 Å². The lowest BCUT2D eigenvalue weighted by Gasteiger charge is -2.49. The molecule has 3 rings (SSSR count). The van der Waals surface area contributed by atoms with E-state index in [0.29, 0.717) is 0 Å². The molecule has 2 amide bonds. The highest BCUT2D eigenvalue weighted by molar-refractivity contribution is 8.00. The third-order valence-corrected chi connectivity index (χ3v) is 6.43. The lowest BCUT2D eigenvalue weighted by Crippen LogP contribution is -2.71. The van der Waals surface area contributed by atoms with Crippen LogP contribution in [0, 0.1) is 0 Å². The number of rotatable bonds is 7. The summed E-state index contributed by atoms with van der Waals surface area (Å²) in [5.41, 5.74) is -0.727. The molecule has 154 valence electrons. The van der Waals surface area contributed by atoms with Crippen LogP contribution < -0.4 is 5.32 Å².